The van der Waals surface area contributed by atoms with Crippen molar-refractivity contribution in [1.82, 2.24) is 0 Å². The molecule has 1 aromatic rings. The van der Waals surface area contributed by atoms with E-state index in [1.54, 1.807) is 0 Å². The first-order chi connectivity index (χ1) is 6.36. The van der Waals surface area contributed by atoms with Crippen LogP contribution in [0.4, 0.5) is 18.9 Å². The Morgan fingerprint density at radius 1 is 1.29 bits per heavy atom. The molecule has 0 atom stereocenters. The van der Waals surface area contributed by atoms with Crippen molar-refractivity contribution in [2.75, 3.05) is 5.73 Å². The number of hydrogen-bond donors (Lipinski definition) is 1. The Hall–Kier alpha value is -0.230. The normalized spacial score (nSPS) is 11.8. The van der Waals surface area contributed by atoms with Crippen LogP contribution < -0.4 is 5.73 Å². The molecule has 0 radical (unpaired) electrons. The van der Waals surface area contributed by atoms with E-state index in [9.17, 15) is 13.2 Å². The van der Waals surface area contributed by atoms with Crippen LogP contribution in [0.15, 0.2) is 16.6 Å². The Bertz CT molecular complexity index is 349. The second-order valence-electron chi connectivity index (χ2n) is 2.66. The van der Waals surface area contributed by atoms with Crippen LogP contribution in [0.25, 0.3) is 0 Å². The Labute approximate surface area is 95.7 Å². The molecule has 0 saturated carbocycles. The summed E-state index contributed by atoms with van der Waals surface area (Å²) in [7, 11) is 0. The third-order valence-electron chi connectivity index (χ3n) is 1.66. The van der Waals surface area contributed by atoms with Gasteiger partial charge in [0.25, 0.3) is 0 Å². The summed E-state index contributed by atoms with van der Waals surface area (Å²) >= 11 is 6.05. The van der Waals surface area contributed by atoms with Gasteiger partial charge < -0.3 is 5.73 Å². The van der Waals surface area contributed by atoms with Gasteiger partial charge in [-0.2, -0.15) is 13.2 Å². The Balaban J connectivity index is 3.40. The number of alkyl halides is 4. The first-order valence-electron chi connectivity index (χ1n) is 3.57. The van der Waals surface area contributed by atoms with Crippen LogP contribution >= 0.6 is 31.9 Å². The van der Waals surface area contributed by atoms with Gasteiger partial charge in [-0.1, -0.05) is 31.9 Å². The van der Waals surface area contributed by atoms with Gasteiger partial charge in [0, 0.05) is 15.5 Å². The Morgan fingerprint density at radius 3 is 2.29 bits per heavy atom. The predicted octanol–water partition coefficient (Wildman–Crippen LogP) is 3.95. The average Bonchev–Trinajstić information content (AvgIpc) is 2.01. The topological polar surface area (TPSA) is 26.0 Å². The van der Waals surface area contributed by atoms with Crippen molar-refractivity contribution in [3.05, 3.63) is 27.7 Å². The van der Waals surface area contributed by atoms with Crippen molar-refractivity contribution in [2.45, 2.75) is 11.5 Å². The number of anilines is 1. The molecule has 0 fully saturated rings. The Kier molecular flexibility index (Phi) is 3.47. The van der Waals surface area contributed by atoms with Crippen molar-refractivity contribution in [3.63, 3.8) is 0 Å². The molecule has 1 nitrogen and oxygen atoms in total. The molecule has 6 heteroatoms. The summed E-state index contributed by atoms with van der Waals surface area (Å²) in [4.78, 5) is 0. The van der Waals surface area contributed by atoms with Crippen molar-refractivity contribution in [2.24, 2.45) is 0 Å². The summed E-state index contributed by atoms with van der Waals surface area (Å²) < 4.78 is 37.9. The predicted molar refractivity (Wildman–Crippen MR) is 56.2 cm³/mol. The molecule has 0 amide bonds. The molecule has 1 aromatic carbocycles. The molecule has 0 saturated heterocycles. The first-order valence-corrected chi connectivity index (χ1v) is 5.48. The van der Waals surface area contributed by atoms with Crippen LogP contribution in [-0.2, 0) is 11.5 Å². The van der Waals surface area contributed by atoms with Crippen LogP contribution in [0.1, 0.15) is 11.1 Å². The highest BCUT2D eigenvalue weighted by atomic mass is 79.9. The van der Waals surface area contributed by atoms with Gasteiger partial charge in [0.2, 0.25) is 0 Å². The van der Waals surface area contributed by atoms with Crippen molar-refractivity contribution < 1.29 is 13.2 Å². The van der Waals surface area contributed by atoms with Gasteiger partial charge in [0.05, 0.1) is 5.56 Å². The van der Waals surface area contributed by atoms with E-state index in [1.165, 1.54) is 6.07 Å². The molecule has 1 rings (SSSR count). The lowest BCUT2D eigenvalue weighted by molar-refractivity contribution is -0.138. The smallest absolute Gasteiger partial charge is 0.399 e. The van der Waals surface area contributed by atoms with E-state index in [2.05, 4.69) is 31.9 Å². The fourth-order valence-corrected chi connectivity index (χ4v) is 2.64. The van der Waals surface area contributed by atoms with Crippen LogP contribution in [0.3, 0.4) is 0 Å². The zero-order valence-electron chi connectivity index (χ0n) is 6.83. The summed E-state index contributed by atoms with van der Waals surface area (Å²) in [6.45, 7) is 0. The lowest BCUT2D eigenvalue weighted by Crippen LogP contribution is -2.09. The van der Waals surface area contributed by atoms with Crippen LogP contribution in [0.5, 0.6) is 0 Å². The molecule has 0 heterocycles. The summed E-state index contributed by atoms with van der Waals surface area (Å²) in [5.74, 6) is 0. The molecule has 0 aliphatic heterocycles. The fraction of sp³-hybridized carbons (Fsp3) is 0.250. The van der Waals surface area contributed by atoms with E-state index in [0.717, 1.165) is 6.07 Å². The van der Waals surface area contributed by atoms with Gasteiger partial charge in [-0.05, 0) is 17.7 Å². The van der Waals surface area contributed by atoms with Gasteiger partial charge in [-0.25, -0.2) is 0 Å². The molecular weight excluding hydrogens is 327 g/mol. The lowest BCUT2D eigenvalue weighted by Gasteiger charge is -2.13. The molecule has 0 unspecified atom stereocenters. The largest absolute Gasteiger partial charge is 0.416 e. The summed E-state index contributed by atoms with van der Waals surface area (Å²) in [5, 5.41) is 0.128. The number of nitrogen functional groups attached to an aromatic ring is 1. The van der Waals surface area contributed by atoms with Crippen LogP contribution in [0.2, 0.25) is 0 Å². The minimum atomic E-state index is -4.37. The number of halogens is 5. The molecule has 0 aliphatic carbocycles. The van der Waals surface area contributed by atoms with Crippen LogP contribution in [-0.4, -0.2) is 0 Å². The summed E-state index contributed by atoms with van der Waals surface area (Å²) in [6, 6.07) is 2.38. The van der Waals surface area contributed by atoms with E-state index in [-0.39, 0.29) is 16.6 Å². The number of nitrogens with two attached hydrogens (primary N) is 1. The average molecular weight is 333 g/mol. The van der Waals surface area contributed by atoms with Gasteiger partial charge >= 0.3 is 6.18 Å². The summed E-state index contributed by atoms with van der Waals surface area (Å²) in [6.07, 6.45) is -4.37. The van der Waals surface area contributed by atoms with Crippen molar-refractivity contribution in [1.29, 1.82) is 0 Å². The molecule has 0 aliphatic rings. The SMILES string of the molecule is Nc1cc(Br)c(CBr)c(C(F)(F)F)c1. The highest BCUT2D eigenvalue weighted by molar-refractivity contribution is 9.10. The second kappa shape index (κ2) is 4.10. The van der Waals surface area contributed by atoms with E-state index < -0.39 is 11.7 Å². The minimum absolute atomic E-state index is 0.0916. The van der Waals surface area contributed by atoms with Gasteiger partial charge in [-0.15, -0.1) is 0 Å². The van der Waals surface area contributed by atoms with Crippen molar-refractivity contribution >= 4 is 37.5 Å². The van der Waals surface area contributed by atoms with Crippen LogP contribution in [0, 0.1) is 0 Å². The van der Waals surface area contributed by atoms with E-state index in [1.807, 2.05) is 0 Å². The first kappa shape index (κ1) is 11.8. The quantitative estimate of drug-likeness (QED) is 0.611. The maximum atomic E-state index is 12.5. The molecular formula is C8H6Br2F3N. The monoisotopic (exact) mass is 331 g/mol. The molecule has 78 valence electrons. The third kappa shape index (κ3) is 2.42. The van der Waals surface area contributed by atoms with E-state index in [0.29, 0.717) is 4.47 Å². The standard InChI is InChI=1S/C8H6Br2F3N/c9-3-5-6(8(11,12)13)1-4(14)2-7(5)10/h1-2H,3,14H2. The van der Waals surface area contributed by atoms with E-state index >= 15 is 0 Å². The number of benzene rings is 1. The zero-order chi connectivity index (χ0) is 10.9. The van der Waals surface area contributed by atoms with Gasteiger partial charge in [0.15, 0.2) is 0 Å². The molecule has 0 spiro atoms. The lowest BCUT2D eigenvalue weighted by atomic mass is 10.1. The second-order valence-corrected chi connectivity index (χ2v) is 4.08. The van der Waals surface area contributed by atoms with E-state index in [4.69, 9.17) is 5.73 Å². The van der Waals surface area contributed by atoms with Gasteiger partial charge in [0.1, 0.15) is 0 Å². The maximum absolute atomic E-state index is 12.5. The highest BCUT2D eigenvalue weighted by Crippen LogP contribution is 2.37. The van der Waals surface area contributed by atoms with Crippen molar-refractivity contribution in [3.8, 4) is 0 Å². The third-order valence-corrected chi connectivity index (χ3v) is 2.93. The van der Waals surface area contributed by atoms with Gasteiger partial charge in [-0.3, -0.25) is 0 Å². The molecule has 0 bridgehead atoms. The zero-order valence-corrected chi connectivity index (χ0v) is 10.0. The minimum Gasteiger partial charge on any atom is -0.399 e. The molecule has 14 heavy (non-hydrogen) atoms. The number of rotatable bonds is 1. The molecule has 0 aromatic heterocycles. The Morgan fingerprint density at radius 2 is 1.86 bits per heavy atom. The fourth-order valence-electron chi connectivity index (χ4n) is 1.05. The molecule has 2 N–H and O–H groups in total. The number of hydrogen-bond acceptors (Lipinski definition) is 1. The maximum Gasteiger partial charge on any atom is 0.416 e. The highest BCUT2D eigenvalue weighted by Gasteiger charge is 2.34. The summed E-state index contributed by atoms with van der Waals surface area (Å²) in [5.41, 5.74) is 4.88.